The second-order valence-electron chi connectivity index (χ2n) is 3.95. The van der Waals surface area contributed by atoms with Crippen LogP contribution < -0.4 is 11.1 Å². The molecule has 0 fully saturated rings. The predicted octanol–water partition coefficient (Wildman–Crippen LogP) is 3.42. The number of carbonyl (C=O) groups is 1. The normalized spacial score (nSPS) is 12.2. The summed E-state index contributed by atoms with van der Waals surface area (Å²) in [6.45, 7) is 2.51. The average Bonchev–Trinajstić information content (AvgIpc) is 2.29. The van der Waals surface area contributed by atoms with Gasteiger partial charge in [-0.15, -0.1) is 0 Å². The SMILES string of the molecule is CC(CCCN)C(=O)Nc1ccc(Cl)cc1Br. The molecule has 94 valence electrons. The van der Waals surface area contributed by atoms with Crippen LogP contribution in [-0.4, -0.2) is 12.5 Å². The van der Waals surface area contributed by atoms with Gasteiger partial charge in [-0.2, -0.15) is 0 Å². The van der Waals surface area contributed by atoms with E-state index in [1.165, 1.54) is 0 Å². The number of nitrogens with two attached hydrogens (primary N) is 1. The number of carbonyl (C=O) groups excluding carboxylic acids is 1. The monoisotopic (exact) mass is 318 g/mol. The third kappa shape index (κ3) is 4.66. The zero-order valence-electron chi connectivity index (χ0n) is 9.67. The molecule has 1 atom stereocenters. The molecule has 3 nitrogen and oxygen atoms in total. The highest BCUT2D eigenvalue weighted by Crippen LogP contribution is 2.26. The summed E-state index contributed by atoms with van der Waals surface area (Å²) in [4.78, 5) is 11.8. The quantitative estimate of drug-likeness (QED) is 0.873. The van der Waals surface area contributed by atoms with Crippen molar-refractivity contribution in [3.8, 4) is 0 Å². The maximum atomic E-state index is 11.8. The van der Waals surface area contributed by atoms with Crippen LogP contribution in [0.25, 0.3) is 0 Å². The van der Waals surface area contributed by atoms with Crippen LogP contribution in [0.2, 0.25) is 5.02 Å². The summed E-state index contributed by atoms with van der Waals surface area (Å²) in [5.74, 6) is -0.0393. The fraction of sp³-hybridized carbons (Fsp3) is 0.417. The lowest BCUT2D eigenvalue weighted by Gasteiger charge is -2.12. The summed E-state index contributed by atoms with van der Waals surface area (Å²) in [5, 5.41) is 3.49. The molecule has 1 rings (SSSR count). The number of benzene rings is 1. The lowest BCUT2D eigenvalue weighted by atomic mass is 10.0. The van der Waals surface area contributed by atoms with Gasteiger partial charge in [-0.3, -0.25) is 4.79 Å². The van der Waals surface area contributed by atoms with Crippen molar-refractivity contribution in [3.63, 3.8) is 0 Å². The van der Waals surface area contributed by atoms with Crippen molar-refractivity contribution in [1.29, 1.82) is 0 Å². The van der Waals surface area contributed by atoms with Crippen molar-refractivity contribution < 1.29 is 4.79 Å². The topological polar surface area (TPSA) is 55.1 Å². The minimum absolute atomic E-state index is 0.00136. The highest BCUT2D eigenvalue weighted by Gasteiger charge is 2.13. The van der Waals surface area contributed by atoms with Gasteiger partial charge >= 0.3 is 0 Å². The molecular formula is C12H16BrClN2O. The van der Waals surface area contributed by atoms with E-state index in [1.54, 1.807) is 18.2 Å². The molecule has 0 saturated carbocycles. The van der Waals surface area contributed by atoms with E-state index >= 15 is 0 Å². The van der Waals surface area contributed by atoms with Crippen LogP contribution in [0.15, 0.2) is 22.7 Å². The van der Waals surface area contributed by atoms with E-state index in [1.807, 2.05) is 6.92 Å². The molecular weight excluding hydrogens is 304 g/mol. The fourth-order valence-electron chi connectivity index (χ4n) is 1.40. The van der Waals surface area contributed by atoms with Gasteiger partial charge < -0.3 is 11.1 Å². The molecule has 0 heterocycles. The molecule has 0 aliphatic carbocycles. The Morgan fingerprint density at radius 2 is 2.29 bits per heavy atom. The number of anilines is 1. The van der Waals surface area contributed by atoms with E-state index in [-0.39, 0.29) is 11.8 Å². The third-order valence-corrected chi connectivity index (χ3v) is 3.37. The van der Waals surface area contributed by atoms with Crippen LogP contribution in [0.1, 0.15) is 19.8 Å². The Morgan fingerprint density at radius 3 is 2.88 bits per heavy atom. The standard InChI is InChI=1S/C12H16BrClN2O/c1-8(3-2-6-15)12(17)16-11-5-4-9(14)7-10(11)13/h4-5,7-8H,2-3,6,15H2,1H3,(H,16,17). The molecule has 17 heavy (non-hydrogen) atoms. The first-order chi connectivity index (χ1) is 8.04. The zero-order valence-corrected chi connectivity index (χ0v) is 12.0. The number of hydrogen-bond acceptors (Lipinski definition) is 2. The second-order valence-corrected chi connectivity index (χ2v) is 5.24. The lowest BCUT2D eigenvalue weighted by Crippen LogP contribution is -2.21. The lowest BCUT2D eigenvalue weighted by molar-refractivity contribution is -0.119. The number of hydrogen-bond donors (Lipinski definition) is 2. The maximum absolute atomic E-state index is 11.8. The van der Waals surface area contributed by atoms with Gasteiger partial charge in [-0.25, -0.2) is 0 Å². The molecule has 1 aromatic carbocycles. The van der Waals surface area contributed by atoms with Gasteiger partial charge in [0.2, 0.25) is 5.91 Å². The maximum Gasteiger partial charge on any atom is 0.227 e. The molecule has 3 N–H and O–H groups in total. The molecule has 1 unspecified atom stereocenters. The summed E-state index contributed by atoms with van der Waals surface area (Å²) in [6.07, 6.45) is 1.66. The largest absolute Gasteiger partial charge is 0.330 e. The van der Waals surface area contributed by atoms with E-state index in [4.69, 9.17) is 17.3 Å². The minimum Gasteiger partial charge on any atom is -0.330 e. The van der Waals surface area contributed by atoms with E-state index in [9.17, 15) is 4.79 Å². The average molecular weight is 320 g/mol. The molecule has 1 aromatic rings. The van der Waals surface area contributed by atoms with Gasteiger partial charge in [0.05, 0.1) is 5.69 Å². The Morgan fingerprint density at radius 1 is 1.59 bits per heavy atom. The first-order valence-corrected chi connectivity index (χ1v) is 6.67. The van der Waals surface area contributed by atoms with Crippen molar-refractivity contribution in [2.75, 3.05) is 11.9 Å². The van der Waals surface area contributed by atoms with Crippen molar-refractivity contribution in [1.82, 2.24) is 0 Å². The number of amides is 1. The van der Waals surface area contributed by atoms with Gasteiger partial charge in [0.15, 0.2) is 0 Å². The van der Waals surface area contributed by atoms with Crippen LogP contribution in [-0.2, 0) is 4.79 Å². The highest BCUT2D eigenvalue weighted by atomic mass is 79.9. The Hall–Kier alpha value is -0.580. The van der Waals surface area contributed by atoms with Crippen molar-refractivity contribution >= 4 is 39.1 Å². The van der Waals surface area contributed by atoms with E-state index in [0.717, 1.165) is 23.0 Å². The van der Waals surface area contributed by atoms with Crippen molar-refractivity contribution in [2.24, 2.45) is 11.7 Å². The Bertz CT molecular complexity index is 398. The minimum atomic E-state index is -0.0406. The number of rotatable bonds is 5. The summed E-state index contributed by atoms with van der Waals surface area (Å²) >= 11 is 9.19. The summed E-state index contributed by atoms with van der Waals surface area (Å²) < 4.78 is 0.782. The van der Waals surface area contributed by atoms with E-state index < -0.39 is 0 Å². The molecule has 0 radical (unpaired) electrons. The van der Waals surface area contributed by atoms with E-state index in [0.29, 0.717) is 11.6 Å². The first kappa shape index (κ1) is 14.5. The fourth-order valence-corrected chi connectivity index (χ4v) is 2.18. The summed E-state index contributed by atoms with van der Waals surface area (Å²) in [7, 11) is 0. The molecule has 0 aliphatic rings. The smallest absolute Gasteiger partial charge is 0.227 e. The third-order valence-electron chi connectivity index (χ3n) is 2.48. The molecule has 0 aliphatic heterocycles. The van der Waals surface area contributed by atoms with Crippen LogP contribution in [0.3, 0.4) is 0 Å². The van der Waals surface area contributed by atoms with Gasteiger partial charge in [-0.05, 0) is 53.5 Å². The molecule has 0 saturated heterocycles. The first-order valence-electron chi connectivity index (χ1n) is 5.50. The van der Waals surface area contributed by atoms with Gasteiger partial charge in [-0.1, -0.05) is 18.5 Å². The van der Waals surface area contributed by atoms with Crippen molar-refractivity contribution in [2.45, 2.75) is 19.8 Å². The Kier molecular flexibility index (Phi) is 5.95. The van der Waals surface area contributed by atoms with Crippen LogP contribution in [0, 0.1) is 5.92 Å². The van der Waals surface area contributed by atoms with Gasteiger partial charge in [0.1, 0.15) is 0 Å². The molecule has 0 aromatic heterocycles. The Balaban J connectivity index is 2.61. The number of nitrogens with one attached hydrogen (secondary N) is 1. The highest BCUT2D eigenvalue weighted by molar-refractivity contribution is 9.10. The zero-order chi connectivity index (χ0) is 12.8. The van der Waals surface area contributed by atoms with Crippen LogP contribution >= 0.6 is 27.5 Å². The predicted molar refractivity (Wildman–Crippen MR) is 75.2 cm³/mol. The molecule has 1 amide bonds. The van der Waals surface area contributed by atoms with Crippen molar-refractivity contribution in [3.05, 3.63) is 27.7 Å². The molecule has 0 spiro atoms. The summed E-state index contributed by atoms with van der Waals surface area (Å²) in [5.41, 5.74) is 6.15. The second kappa shape index (κ2) is 6.99. The van der Waals surface area contributed by atoms with Crippen LogP contribution in [0.4, 0.5) is 5.69 Å². The van der Waals surface area contributed by atoms with E-state index in [2.05, 4.69) is 21.2 Å². The van der Waals surface area contributed by atoms with Crippen LogP contribution in [0.5, 0.6) is 0 Å². The molecule has 0 bridgehead atoms. The van der Waals surface area contributed by atoms with Gasteiger partial charge in [0.25, 0.3) is 0 Å². The Labute approximate surface area is 115 Å². The van der Waals surface area contributed by atoms with Gasteiger partial charge in [0, 0.05) is 15.4 Å². The number of halogens is 2. The summed E-state index contributed by atoms with van der Waals surface area (Å²) in [6, 6.07) is 5.27. The molecule has 5 heteroatoms.